The van der Waals surface area contributed by atoms with E-state index in [4.69, 9.17) is 16.3 Å². The van der Waals surface area contributed by atoms with Crippen molar-refractivity contribution in [2.45, 2.75) is 25.1 Å². The third-order valence-electron chi connectivity index (χ3n) is 5.59. The van der Waals surface area contributed by atoms with Crippen molar-refractivity contribution in [3.63, 3.8) is 0 Å². The number of aliphatic hydroxyl groups is 1. The number of rotatable bonds is 3. The largest absolute Gasteiger partial charge is 0.497 e. The average molecular weight is 387 g/mol. The van der Waals surface area contributed by atoms with Crippen LogP contribution in [0, 0.1) is 0 Å². The zero-order valence-electron chi connectivity index (χ0n) is 15.3. The molecular formula is C21H23ClN2O3. The normalized spacial score (nSPS) is 22.6. The number of benzene rings is 2. The van der Waals surface area contributed by atoms with Crippen molar-refractivity contribution in [3.05, 3.63) is 64.2 Å². The highest BCUT2D eigenvalue weighted by atomic mass is 35.5. The molecule has 2 aromatic carbocycles. The molecule has 1 N–H and O–H groups in total. The summed E-state index contributed by atoms with van der Waals surface area (Å²) in [6.45, 7) is 2.47. The van der Waals surface area contributed by atoms with E-state index in [1.54, 1.807) is 36.3 Å². The molecule has 6 heteroatoms. The van der Waals surface area contributed by atoms with Gasteiger partial charge in [-0.1, -0.05) is 23.7 Å². The third kappa shape index (κ3) is 3.55. The van der Waals surface area contributed by atoms with E-state index in [2.05, 4.69) is 11.0 Å². The van der Waals surface area contributed by atoms with Crippen LogP contribution in [0.1, 0.15) is 21.5 Å². The van der Waals surface area contributed by atoms with Gasteiger partial charge in [-0.25, -0.2) is 0 Å². The van der Waals surface area contributed by atoms with Crippen molar-refractivity contribution in [3.8, 4) is 5.75 Å². The van der Waals surface area contributed by atoms with Gasteiger partial charge in [-0.15, -0.1) is 0 Å². The quantitative estimate of drug-likeness (QED) is 0.881. The lowest BCUT2D eigenvalue weighted by Crippen LogP contribution is -2.46. The third-order valence-corrected chi connectivity index (χ3v) is 5.94. The first kappa shape index (κ1) is 18.3. The van der Waals surface area contributed by atoms with Crippen molar-refractivity contribution in [1.82, 2.24) is 9.80 Å². The summed E-state index contributed by atoms with van der Waals surface area (Å²) in [6, 6.07) is 13.0. The minimum Gasteiger partial charge on any atom is -0.497 e. The van der Waals surface area contributed by atoms with E-state index < -0.39 is 6.10 Å². The predicted octanol–water partition coefficient (Wildman–Crippen LogP) is 2.59. The minimum atomic E-state index is -0.548. The summed E-state index contributed by atoms with van der Waals surface area (Å²) in [6.07, 6.45) is 0.318. The van der Waals surface area contributed by atoms with Gasteiger partial charge in [0.2, 0.25) is 0 Å². The van der Waals surface area contributed by atoms with Crippen LogP contribution in [0.2, 0.25) is 5.02 Å². The summed E-state index contributed by atoms with van der Waals surface area (Å²) in [5.74, 6) is 0.663. The number of halogens is 1. The highest BCUT2D eigenvalue weighted by Gasteiger charge is 2.39. The molecule has 2 aliphatic heterocycles. The number of carbonyl (C=O) groups excluding carboxylic acids is 1. The minimum absolute atomic E-state index is 0.0559. The van der Waals surface area contributed by atoms with Gasteiger partial charge >= 0.3 is 0 Å². The van der Waals surface area contributed by atoms with E-state index in [9.17, 15) is 9.90 Å². The number of likely N-dealkylation sites (tertiary alicyclic amines) is 1. The smallest absolute Gasteiger partial charge is 0.254 e. The maximum atomic E-state index is 12.8. The van der Waals surface area contributed by atoms with Gasteiger partial charge in [-0.2, -0.15) is 0 Å². The van der Waals surface area contributed by atoms with Gasteiger partial charge in [-0.05, 0) is 47.9 Å². The maximum absolute atomic E-state index is 12.8. The zero-order chi connectivity index (χ0) is 19.0. The molecule has 0 bridgehead atoms. The monoisotopic (exact) mass is 386 g/mol. The Hall–Kier alpha value is -2.08. The summed E-state index contributed by atoms with van der Waals surface area (Å²) in [5.41, 5.74) is 3.02. The molecule has 27 heavy (non-hydrogen) atoms. The molecule has 2 heterocycles. The SMILES string of the molecule is COc1ccc(C(=O)N2C[C@H](O)[C@@H](N3CCc4c(Cl)cccc4C3)C2)cc1. The molecule has 2 aliphatic rings. The molecule has 0 unspecified atom stereocenters. The Morgan fingerprint density at radius 2 is 1.96 bits per heavy atom. The van der Waals surface area contributed by atoms with Crippen LogP contribution in [0.15, 0.2) is 42.5 Å². The van der Waals surface area contributed by atoms with E-state index in [-0.39, 0.29) is 11.9 Å². The standard InChI is InChI=1S/C21H23ClN2O3/c1-27-16-7-5-14(6-8-16)21(26)24-12-19(20(25)13-24)23-10-9-17-15(11-23)3-2-4-18(17)22/h2-8,19-20,25H,9-13H2,1H3/t19-,20-/m0/s1. The maximum Gasteiger partial charge on any atom is 0.254 e. The number of amides is 1. The second kappa shape index (κ2) is 7.50. The Bertz CT molecular complexity index is 840. The van der Waals surface area contributed by atoms with Crippen molar-refractivity contribution in [2.75, 3.05) is 26.7 Å². The molecular weight excluding hydrogens is 364 g/mol. The van der Waals surface area contributed by atoms with E-state index in [0.717, 1.165) is 30.3 Å². The Kier molecular flexibility index (Phi) is 5.08. The molecule has 1 saturated heterocycles. The number of methoxy groups -OCH3 is 1. The summed E-state index contributed by atoms with van der Waals surface area (Å²) < 4.78 is 5.14. The first-order chi connectivity index (χ1) is 13.1. The first-order valence-electron chi connectivity index (χ1n) is 9.18. The fourth-order valence-corrected chi connectivity index (χ4v) is 4.37. The lowest BCUT2D eigenvalue weighted by Gasteiger charge is -2.35. The van der Waals surface area contributed by atoms with Crippen LogP contribution in [-0.2, 0) is 13.0 Å². The zero-order valence-corrected chi connectivity index (χ0v) is 16.0. The fourth-order valence-electron chi connectivity index (χ4n) is 4.08. The van der Waals surface area contributed by atoms with Crippen LogP contribution < -0.4 is 4.74 Å². The van der Waals surface area contributed by atoms with Crippen LogP contribution in [0.5, 0.6) is 5.75 Å². The molecule has 0 radical (unpaired) electrons. The number of aliphatic hydroxyl groups excluding tert-OH is 1. The molecule has 0 aliphatic carbocycles. The molecule has 1 fully saturated rings. The number of fused-ring (bicyclic) bond motifs is 1. The topological polar surface area (TPSA) is 53.0 Å². The van der Waals surface area contributed by atoms with Crippen molar-refractivity contribution >= 4 is 17.5 Å². The summed E-state index contributed by atoms with van der Waals surface area (Å²) in [4.78, 5) is 16.8. The Balaban J connectivity index is 1.46. The molecule has 2 aromatic rings. The fraction of sp³-hybridized carbons (Fsp3) is 0.381. The summed E-state index contributed by atoms with van der Waals surface area (Å²) >= 11 is 6.30. The number of nitrogens with zero attached hydrogens (tertiary/aromatic N) is 2. The van der Waals surface area contributed by atoms with Crippen molar-refractivity contribution < 1.29 is 14.6 Å². The van der Waals surface area contributed by atoms with Gasteiger partial charge in [-0.3, -0.25) is 9.69 Å². The van der Waals surface area contributed by atoms with Gasteiger partial charge in [0, 0.05) is 36.8 Å². The molecule has 0 spiro atoms. The summed E-state index contributed by atoms with van der Waals surface area (Å²) in [7, 11) is 1.60. The molecule has 1 amide bonds. The van der Waals surface area contributed by atoms with E-state index >= 15 is 0 Å². The molecule has 0 aromatic heterocycles. The van der Waals surface area contributed by atoms with Crippen LogP contribution in [0.25, 0.3) is 0 Å². The number of ether oxygens (including phenoxy) is 1. The number of hydrogen-bond acceptors (Lipinski definition) is 4. The number of β-amino-alcohol motifs (C(OH)–C–C–N with tert-alkyl or cyclic N) is 1. The van der Waals surface area contributed by atoms with Gasteiger partial charge in [0.15, 0.2) is 0 Å². The Labute approximate surface area is 164 Å². The van der Waals surface area contributed by atoms with Crippen LogP contribution >= 0.6 is 11.6 Å². The molecule has 142 valence electrons. The van der Waals surface area contributed by atoms with Crippen molar-refractivity contribution in [2.24, 2.45) is 0 Å². The number of hydrogen-bond donors (Lipinski definition) is 1. The predicted molar refractivity (Wildman–Crippen MR) is 104 cm³/mol. The van der Waals surface area contributed by atoms with E-state index in [1.807, 2.05) is 12.1 Å². The first-order valence-corrected chi connectivity index (χ1v) is 9.56. The molecule has 0 saturated carbocycles. The van der Waals surface area contributed by atoms with Gasteiger partial charge in [0.05, 0.1) is 19.3 Å². The Morgan fingerprint density at radius 3 is 2.70 bits per heavy atom. The molecule has 5 nitrogen and oxygen atoms in total. The number of carbonyl (C=O) groups is 1. The van der Waals surface area contributed by atoms with Gasteiger partial charge in [0.1, 0.15) is 5.75 Å². The van der Waals surface area contributed by atoms with Crippen LogP contribution in [0.3, 0.4) is 0 Å². The van der Waals surface area contributed by atoms with E-state index in [1.165, 1.54) is 11.1 Å². The van der Waals surface area contributed by atoms with Crippen LogP contribution in [-0.4, -0.2) is 59.7 Å². The molecule has 4 rings (SSSR count). The lowest BCUT2D eigenvalue weighted by atomic mass is 9.98. The van der Waals surface area contributed by atoms with Crippen LogP contribution in [0.4, 0.5) is 0 Å². The van der Waals surface area contributed by atoms with Gasteiger partial charge < -0.3 is 14.7 Å². The van der Waals surface area contributed by atoms with Gasteiger partial charge in [0.25, 0.3) is 5.91 Å². The Morgan fingerprint density at radius 1 is 1.19 bits per heavy atom. The highest BCUT2D eigenvalue weighted by Crippen LogP contribution is 2.29. The van der Waals surface area contributed by atoms with E-state index in [0.29, 0.717) is 18.7 Å². The molecule has 2 atom stereocenters. The van der Waals surface area contributed by atoms with Crippen molar-refractivity contribution in [1.29, 1.82) is 0 Å². The highest BCUT2D eigenvalue weighted by molar-refractivity contribution is 6.31. The average Bonchev–Trinajstić information content (AvgIpc) is 3.09. The second-order valence-corrected chi connectivity index (χ2v) is 7.58. The second-order valence-electron chi connectivity index (χ2n) is 7.17. The lowest BCUT2D eigenvalue weighted by molar-refractivity contribution is 0.0735. The summed E-state index contributed by atoms with van der Waals surface area (Å²) in [5, 5.41) is 11.4.